The minimum Gasteiger partial charge on any atom is -0.310 e. The number of hydrogen-bond donors (Lipinski definition) is 0. The summed E-state index contributed by atoms with van der Waals surface area (Å²) in [5, 5.41) is 1.08. The second-order valence-electron chi connectivity index (χ2n) is 12.7. The molecule has 0 aliphatic rings. The van der Waals surface area contributed by atoms with Gasteiger partial charge in [0.15, 0.2) is 0 Å². The van der Waals surface area contributed by atoms with Gasteiger partial charge in [-0.2, -0.15) is 0 Å². The predicted molar refractivity (Wildman–Crippen MR) is 225 cm³/mol. The molecule has 0 unspecified atom stereocenters. The van der Waals surface area contributed by atoms with Crippen LogP contribution >= 0.6 is 0 Å². The van der Waals surface area contributed by atoms with E-state index in [-0.39, 0.29) is 85.8 Å². The Morgan fingerprint density at radius 3 is 1.47 bits per heavy atom. The van der Waals surface area contributed by atoms with Crippen molar-refractivity contribution < 1.29 is 12.3 Å². The molecule has 0 aliphatic heterocycles. The minimum atomic E-state index is -0.469. The molecule has 0 atom stereocenters. The first kappa shape index (κ1) is 22.7. The van der Waals surface area contributed by atoms with Crippen molar-refractivity contribution in [2.45, 2.75) is 0 Å². The van der Waals surface area contributed by atoms with Crippen molar-refractivity contribution >= 4 is 77.5 Å². The molecule has 250 valence electrons. The van der Waals surface area contributed by atoms with Gasteiger partial charge in [-0.3, -0.25) is 0 Å². The van der Waals surface area contributed by atoms with E-state index in [9.17, 15) is 9.60 Å². The highest BCUT2D eigenvalue weighted by atomic mass is 15.1. The van der Waals surface area contributed by atoms with Crippen LogP contribution in [0.4, 0.5) is 34.1 Å². The Labute approximate surface area is 321 Å². The summed E-state index contributed by atoms with van der Waals surface area (Å²) in [6.45, 7) is 0. The fourth-order valence-corrected chi connectivity index (χ4v) is 7.28. The summed E-state index contributed by atoms with van der Waals surface area (Å²) in [6.07, 6.45) is 0. The van der Waals surface area contributed by atoms with Crippen molar-refractivity contribution in [1.29, 1.82) is 0 Å². The SMILES string of the molecule is [2H]c1c([2H])c([2H])c2c(c(N(c3ccccc3)c3ccccc3)cc3c([2H])c([2H])c4c5c([2H])c([2H])c(N(c6ccccc6)c6ccccc6)c([2H])c5n(-c5ccccc5)c4c32)c1[2H]. The van der Waals surface area contributed by atoms with Gasteiger partial charge in [-0.15, -0.1) is 0 Å². The Morgan fingerprint density at radius 1 is 0.415 bits per heavy atom. The van der Waals surface area contributed by atoms with Crippen LogP contribution < -0.4 is 9.80 Å². The normalized spacial score (nSPS) is 13.8. The molecule has 1 heterocycles. The summed E-state index contributed by atoms with van der Waals surface area (Å²) < 4.78 is 88.0. The van der Waals surface area contributed by atoms with Crippen LogP contribution in [0.1, 0.15) is 12.3 Å². The molecule has 0 bridgehead atoms. The lowest BCUT2D eigenvalue weighted by molar-refractivity contribution is 1.18. The molecule has 53 heavy (non-hydrogen) atoms. The maximum Gasteiger partial charge on any atom is 0.0667 e. The molecule has 0 fully saturated rings. The first-order valence-corrected chi connectivity index (χ1v) is 17.4. The monoisotopic (exact) mass is 686 g/mol. The minimum absolute atomic E-state index is 0.102. The molecule has 10 rings (SSSR count). The Morgan fingerprint density at radius 2 is 0.906 bits per heavy atom. The third-order valence-corrected chi connectivity index (χ3v) is 9.55. The van der Waals surface area contributed by atoms with Crippen LogP contribution in [0.25, 0.3) is 49.0 Å². The predicted octanol–water partition coefficient (Wildman–Crippen LogP) is 14.0. The van der Waals surface area contributed by atoms with E-state index in [1.54, 1.807) is 15.5 Å². The van der Waals surface area contributed by atoms with Crippen LogP contribution in [-0.2, 0) is 0 Å². The smallest absolute Gasteiger partial charge is 0.0667 e. The molecule has 0 amide bonds. The van der Waals surface area contributed by atoms with Crippen molar-refractivity contribution in [1.82, 2.24) is 4.57 Å². The van der Waals surface area contributed by atoms with Crippen LogP contribution in [0, 0.1) is 0 Å². The van der Waals surface area contributed by atoms with Crippen LogP contribution in [0.15, 0.2) is 212 Å². The molecule has 1 aromatic heterocycles. The van der Waals surface area contributed by atoms with E-state index >= 15 is 0 Å². The Bertz CT molecular complexity index is 3310. The molecule has 0 spiro atoms. The van der Waals surface area contributed by atoms with Gasteiger partial charge in [-0.05, 0) is 89.6 Å². The molecule has 9 aromatic carbocycles. The van der Waals surface area contributed by atoms with Crippen molar-refractivity contribution in [2.75, 3.05) is 9.80 Å². The number of rotatable bonds is 7. The van der Waals surface area contributed by atoms with Gasteiger partial charge in [0.2, 0.25) is 0 Å². The maximum absolute atomic E-state index is 10.1. The third kappa shape index (κ3) is 5.21. The van der Waals surface area contributed by atoms with Crippen molar-refractivity contribution in [2.24, 2.45) is 0 Å². The summed E-state index contributed by atoms with van der Waals surface area (Å²) in [5.41, 5.74) is 4.32. The first-order chi connectivity index (χ1) is 30.1. The van der Waals surface area contributed by atoms with Gasteiger partial charge in [0, 0.05) is 55.7 Å². The molecule has 3 nitrogen and oxygen atoms in total. The molecule has 10 aromatic rings. The van der Waals surface area contributed by atoms with E-state index in [1.165, 1.54) is 0 Å². The second-order valence-corrected chi connectivity index (χ2v) is 12.7. The summed E-state index contributed by atoms with van der Waals surface area (Å²) in [7, 11) is 0. The lowest BCUT2D eigenvalue weighted by atomic mass is 9.96. The number of benzene rings is 9. The molecular weight excluding hydrogens is 643 g/mol. The van der Waals surface area contributed by atoms with E-state index < -0.39 is 12.1 Å². The standard InChI is InChI=1S/C50H35N3/c1-6-18-37(19-7-1)51(38-20-8-2-9-21-38)42-31-33-44-46-32-30-36-34-47(52(39-22-10-3-11-23-39)40-24-12-4-13-25-40)43-28-16-17-29-45(43)49(36)50(46)53(48(44)35-42)41-26-14-5-15-27-41/h1-35H/i16D,17D,28D,29D,30D,31D,32D,33D,35D. The van der Waals surface area contributed by atoms with Crippen molar-refractivity contribution in [3.63, 3.8) is 0 Å². The topological polar surface area (TPSA) is 11.4 Å². The van der Waals surface area contributed by atoms with Gasteiger partial charge >= 0.3 is 0 Å². The Hall–Kier alpha value is -7.10. The molecule has 3 heteroatoms. The van der Waals surface area contributed by atoms with Gasteiger partial charge in [-0.25, -0.2) is 0 Å². The van der Waals surface area contributed by atoms with E-state index in [0.29, 0.717) is 39.6 Å². The van der Waals surface area contributed by atoms with E-state index in [0.717, 1.165) is 0 Å². The average Bonchev–Trinajstić information content (AvgIpc) is 3.68. The fourth-order valence-electron chi connectivity index (χ4n) is 7.28. The maximum atomic E-state index is 10.1. The number of nitrogens with zero attached hydrogens (tertiary/aromatic N) is 3. The average molecular weight is 687 g/mol. The first-order valence-electron chi connectivity index (χ1n) is 21.9. The van der Waals surface area contributed by atoms with Gasteiger partial charge in [0.1, 0.15) is 0 Å². The third-order valence-electron chi connectivity index (χ3n) is 9.55. The van der Waals surface area contributed by atoms with Crippen LogP contribution in [0.2, 0.25) is 0 Å². The second kappa shape index (κ2) is 12.9. The highest BCUT2D eigenvalue weighted by molar-refractivity contribution is 6.27. The van der Waals surface area contributed by atoms with Crippen LogP contribution in [0.3, 0.4) is 0 Å². The Kier molecular flexibility index (Phi) is 5.52. The highest BCUT2D eigenvalue weighted by Crippen LogP contribution is 2.46. The number of fused-ring (bicyclic) bond motifs is 7. The summed E-state index contributed by atoms with van der Waals surface area (Å²) >= 11 is 0. The largest absolute Gasteiger partial charge is 0.310 e. The summed E-state index contributed by atoms with van der Waals surface area (Å²) in [5.74, 6) is 0. The lowest BCUT2D eigenvalue weighted by Gasteiger charge is -2.27. The van der Waals surface area contributed by atoms with Crippen LogP contribution in [-0.4, -0.2) is 4.57 Å². The highest BCUT2D eigenvalue weighted by Gasteiger charge is 2.22. The molecule has 0 radical (unpaired) electrons. The Balaban J connectivity index is 1.46. The number of aromatic nitrogens is 1. The van der Waals surface area contributed by atoms with Crippen molar-refractivity contribution in [3.05, 3.63) is 212 Å². The zero-order valence-corrected chi connectivity index (χ0v) is 28.4. The molecule has 0 saturated carbocycles. The van der Waals surface area contributed by atoms with Crippen LogP contribution in [0.5, 0.6) is 0 Å². The molecule has 0 saturated heterocycles. The quantitative estimate of drug-likeness (QED) is 0.155. The van der Waals surface area contributed by atoms with Gasteiger partial charge < -0.3 is 14.4 Å². The number of anilines is 6. The van der Waals surface area contributed by atoms with E-state index in [4.69, 9.17) is 2.74 Å². The van der Waals surface area contributed by atoms with Crippen molar-refractivity contribution in [3.8, 4) is 5.69 Å². The van der Waals surface area contributed by atoms with E-state index in [1.807, 2.05) is 157 Å². The van der Waals surface area contributed by atoms with Gasteiger partial charge in [-0.1, -0.05) is 133 Å². The summed E-state index contributed by atoms with van der Waals surface area (Å²) in [4.78, 5) is 3.68. The fraction of sp³-hybridized carbons (Fsp3) is 0. The lowest BCUT2D eigenvalue weighted by Crippen LogP contribution is -2.10. The van der Waals surface area contributed by atoms with E-state index in [2.05, 4.69) is 0 Å². The van der Waals surface area contributed by atoms with Gasteiger partial charge in [0.05, 0.1) is 29.1 Å². The number of hydrogen-bond acceptors (Lipinski definition) is 2. The molecule has 0 N–H and O–H groups in total. The van der Waals surface area contributed by atoms with Gasteiger partial charge in [0.25, 0.3) is 0 Å². The number of para-hydroxylation sites is 5. The molecular formula is C50H35N3. The summed E-state index contributed by atoms with van der Waals surface area (Å²) in [6, 6.07) is 45.9. The molecule has 0 aliphatic carbocycles. The zero-order chi connectivity index (χ0) is 43.0. The zero-order valence-electron chi connectivity index (χ0n) is 37.4.